The molecule has 6 aromatic rings. The van der Waals surface area contributed by atoms with Crippen molar-refractivity contribution in [2.24, 2.45) is 17.4 Å². The predicted molar refractivity (Wildman–Crippen MR) is 479 cm³/mol. The first-order valence-electron chi connectivity index (χ1n) is 44.9. The van der Waals surface area contributed by atoms with E-state index in [0.717, 1.165) is 19.6 Å². The van der Waals surface area contributed by atoms with Crippen LogP contribution in [0.25, 0.3) is 21.8 Å². The molecule has 17 amide bonds. The number of primary amides is 2. The number of aliphatic carboxylic acids is 1. The fourth-order valence-electron chi connectivity index (χ4n) is 17.7. The summed E-state index contributed by atoms with van der Waals surface area (Å²) in [5.74, 6) is -20.4. The summed E-state index contributed by atoms with van der Waals surface area (Å²) in [6.45, 7) is 2.89. The number of carbonyl (C=O) groups excluding carboxylic acids is 17. The van der Waals surface area contributed by atoms with E-state index in [0.29, 0.717) is 64.2 Å². The Hall–Kier alpha value is -13.9. The molecule has 2 spiro atoms. The quantitative estimate of drug-likeness (QED) is 0.0329. The number of para-hydroxylation sites is 2. The molecule has 5 aliphatic rings. The van der Waals surface area contributed by atoms with Crippen molar-refractivity contribution in [3.63, 3.8) is 0 Å². The highest BCUT2D eigenvalue weighted by Gasteiger charge is 2.68. The monoisotopic (exact) mass is 1860 g/mol. The number of benzene rings is 3. The van der Waals surface area contributed by atoms with E-state index in [1.54, 1.807) is 60.9 Å². The van der Waals surface area contributed by atoms with Crippen LogP contribution in [0, 0.1) is 5.92 Å². The number of carboxylic acid groups (broad SMARTS) is 1. The highest BCUT2D eigenvalue weighted by atomic mass is 16.4. The van der Waals surface area contributed by atoms with Gasteiger partial charge < -0.3 is 130 Å². The fraction of sp³-hybridized carbons (Fsp3) is 0.522. The van der Waals surface area contributed by atoms with Gasteiger partial charge in [0.15, 0.2) is 0 Å². The van der Waals surface area contributed by atoms with Crippen LogP contribution in [0.4, 0.5) is 0 Å². The summed E-state index contributed by atoms with van der Waals surface area (Å²) >= 11 is 0. The number of carbonyl (C=O) groups is 18. The van der Waals surface area contributed by atoms with Gasteiger partial charge in [0.05, 0.1) is 38.0 Å². The van der Waals surface area contributed by atoms with Gasteiger partial charge in [-0.2, -0.15) is 0 Å². The number of rotatable bonds is 21. The van der Waals surface area contributed by atoms with E-state index in [-0.39, 0.29) is 75.9 Å². The summed E-state index contributed by atoms with van der Waals surface area (Å²) in [5, 5.41) is 73.7. The number of likely N-dealkylation sites (N-methyl/N-ethyl adjacent to an activating group) is 3. The number of nitrogens with two attached hydrogens (primary N) is 2. The SMILES string of the molecule is CCCC[C@H]1C(=O)N[C@@H](C)C(=O)N[C@H](C(=O)NCC(N)=O)CCNCC(=O)N[C@@H](Cc2ccc(O)cc2)C(=O)N(C)[C@@H](C)C(=O)NC2(C[C@@H]2C(=O)O)C(=O)N2CCC[C@H]2C(=O)N[C@@H](Cc2cnc[nH]2)C(=O)N[C@@H](CCC(N)=O)C(=O)N2C[C@H](O)C[C@H]2C(=O)N[C@@H](Cc2c[nH]c3ccccc23)C(=O)N[C@@H](CO)C(=O)NC2(C[C@@H]2c2c[nH]c3ccccc23)C(=O)N(C)[C@@H](CCCC)C(=O)N1C. The second-order valence-corrected chi connectivity index (χ2v) is 35.1. The van der Waals surface area contributed by atoms with Gasteiger partial charge in [0.25, 0.3) is 0 Å². The van der Waals surface area contributed by atoms with Gasteiger partial charge in [-0.3, -0.25) is 86.3 Å². The number of hydrogen-bond acceptors (Lipinski definition) is 23. The zero-order valence-corrected chi connectivity index (χ0v) is 75.6. The third-order valence-electron chi connectivity index (χ3n) is 25.7. The summed E-state index contributed by atoms with van der Waals surface area (Å²) in [4.78, 5) is 281. The van der Waals surface area contributed by atoms with Crippen LogP contribution >= 0.6 is 0 Å². The molecule has 44 nitrogen and oxygen atoms in total. The first-order chi connectivity index (χ1) is 63.8. The number of H-pyrrole nitrogens is 3. The summed E-state index contributed by atoms with van der Waals surface area (Å²) in [6, 6.07) is 0.760. The van der Waals surface area contributed by atoms with Crippen molar-refractivity contribution in [1.82, 2.24) is 103 Å². The molecule has 2 saturated carbocycles. The van der Waals surface area contributed by atoms with Gasteiger partial charge in [-0.05, 0) is 113 Å². The van der Waals surface area contributed by atoms with Gasteiger partial charge in [0.1, 0.15) is 89.3 Å². The number of amides is 17. The Kier molecular flexibility index (Phi) is 33.5. The van der Waals surface area contributed by atoms with Crippen LogP contribution in [0.5, 0.6) is 5.75 Å². The fourth-order valence-corrected chi connectivity index (χ4v) is 17.7. The molecule has 3 saturated heterocycles. The van der Waals surface area contributed by atoms with Crippen LogP contribution in [0.2, 0.25) is 0 Å². The van der Waals surface area contributed by atoms with E-state index in [4.69, 9.17) is 11.5 Å². The third-order valence-corrected chi connectivity index (χ3v) is 25.7. The van der Waals surface area contributed by atoms with E-state index in [9.17, 15) is 68.4 Å². The number of aromatic nitrogens is 4. The second kappa shape index (κ2) is 44.5. The second-order valence-electron chi connectivity index (χ2n) is 35.1. The minimum Gasteiger partial charge on any atom is -0.508 e. The number of aromatic amines is 3. The molecule has 0 bridgehead atoms. The zero-order valence-electron chi connectivity index (χ0n) is 75.6. The summed E-state index contributed by atoms with van der Waals surface area (Å²) < 4.78 is 0. The third kappa shape index (κ3) is 23.9. The Labute approximate surface area is 770 Å². The molecule has 6 heterocycles. The Morgan fingerprint density at radius 1 is 0.575 bits per heavy atom. The summed E-state index contributed by atoms with van der Waals surface area (Å²) in [7, 11) is 3.93. The molecule has 5 fully saturated rings. The van der Waals surface area contributed by atoms with E-state index in [1.807, 2.05) is 13.8 Å². The molecule has 17 atom stereocenters. The Morgan fingerprint density at radius 2 is 1.20 bits per heavy atom. The average molecular weight is 1860 g/mol. The number of fused-ring (bicyclic) bond motifs is 4. The highest BCUT2D eigenvalue weighted by Crippen LogP contribution is 2.55. The molecule has 11 rings (SSSR count). The largest absolute Gasteiger partial charge is 0.508 e. The van der Waals surface area contributed by atoms with E-state index in [1.165, 1.54) is 76.7 Å². The Balaban J connectivity index is 0.933. The van der Waals surface area contributed by atoms with Gasteiger partial charge >= 0.3 is 5.97 Å². The predicted octanol–water partition coefficient (Wildman–Crippen LogP) is -3.79. The molecule has 722 valence electrons. The number of nitrogens with one attached hydrogen (secondary N) is 14. The number of carboxylic acids is 1. The first-order valence-corrected chi connectivity index (χ1v) is 44.9. The van der Waals surface area contributed by atoms with Gasteiger partial charge in [-0.15, -0.1) is 0 Å². The summed E-state index contributed by atoms with van der Waals surface area (Å²) in [6.07, 6.45) is 2.70. The number of phenolic OH excluding ortho intramolecular Hbond substituents is 1. The minimum absolute atomic E-state index is 0.0139. The lowest BCUT2D eigenvalue weighted by atomic mass is 10.00. The lowest BCUT2D eigenvalue weighted by Crippen LogP contribution is -2.62. The molecule has 2 unspecified atom stereocenters. The van der Waals surface area contributed by atoms with Crippen molar-refractivity contribution < 1.29 is 107 Å². The van der Waals surface area contributed by atoms with Crippen LogP contribution in [0.1, 0.15) is 146 Å². The molecule has 3 aromatic heterocycles. The number of imidazole rings is 1. The van der Waals surface area contributed by atoms with E-state index in [2.05, 4.69) is 78.4 Å². The van der Waals surface area contributed by atoms with Gasteiger partial charge in [-0.1, -0.05) is 88.1 Å². The van der Waals surface area contributed by atoms with Crippen molar-refractivity contribution >= 4 is 128 Å². The molecule has 134 heavy (non-hydrogen) atoms. The van der Waals surface area contributed by atoms with Crippen molar-refractivity contribution in [2.45, 2.75) is 232 Å². The number of nitrogens with zero attached hydrogens (tertiary/aromatic N) is 6. The van der Waals surface area contributed by atoms with Crippen molar-refractivity contribution in [2.75, 3.05) is 60.5 Å². The smallest absolute Gasteiger partial charge is 0.309 e. The molecule has 2 aliphatic carbocycles. The van der Waals surface area contributed by atoms with Crippen LogP contribution in [-0.4, -0.2) is 321 Å². The first kappa shape index (κ1) is 101. The number of hydrogen-bond donors (Lipinski definition) is 20. The molecule has 22 N–H and O–H groups in total. The number of unbranched alkanes of at least 4 members (excludes halogenated alkanes) is 2. The van der Waals surface area contributed by atoms with Crippen molar-refractivity contribution in [1.29, 1.82) is 0 Å². The molecule has 44 heteroatoms. The van der Waals surface area contributed by atoms with Crippen molar-refractivity contribution in [3.8, 4) is 5.75 Å². The van der Waals surface area contributed by atoms with Crippen LogP contribution in [0.15, 0.2) is 97.7 Å². The number of aromatic hydroxyl groups is 1. The maximum absolute atomic E-state index is 16.0. The maximum Gasteiger partial charge on any atom is 0.309 e. The average Bonchev–Trinajstić information content (AvgIpc) is 1.55. The number of aliphatic hydroxyl groups is 2. The topological polar surface area (TPSA) is 649 Å². The van der Waals surface area contributed by atoms with Crippen LogP contribution < -0.4 is 70.0 Å². The van der Waals surface area contributed by atoms with Gasteiger partial charge in [-0.25, -0.2) is 4.98 Å². The molecule has 0 radical (unpaired) electrons. The molecule has 3 aliphatic heterocycles. The standard InChI is InChI=1S/C90H120N22O22/c1-8-10-21-67-80(125)99-47(3)74(119)101-61(76(121)97-42-72(92)117)30-31-93-43-73(118)100-65(33-49-24-26-52(114)27-25-49)83(128)108(5)48(4)75(120)106-90(38-58(90)86(131)132)88(134)111-32-16-23-68(111)81(126)104-64(35-51-40-94-46-98-51)78(123)102-62(28-29-71(91)116)84(129)112-44-53(115)36-70(112)82(127)103-63(34-50-39-95-59-19-14-12-17-54(50)59)77(122)105-66(45-113)79(124)107-89(37-57(89)56-41-96-60-20-15-13-18-55(56)60)87(133)110(7)69(22-11-9-2)85(130)109(67)6/h12-15,17-20,24-27,39-41,46-48,53,57-58,61-70,93,95-96,113-115H,8-11,16,21-23,28-38,42-45H2,1-7H3,(H2,91,116)(H2,92,117)(H,94,98)(H,97,121)(H,99,125)(H,100,118)(H,101,119)(H,102,123)(H,103,127)(H,104,126)(H,105,122)(H,106,120)(H,107,124)(H,131,132)/t47-,48-,53+,57+,58+,61-,62-,63-,64-,65-,66-,67-,68-,69-,70-,89?,90?/m0/s1. The molecular formula is C90H120N22O22. The lowest BCUT2D eigenvalue weighted by Gasteiger charge is -2.36. The van der Waals surface area contributed by atoms with E-state index < -0.39 is 266 Å². The summed E-state index contributed by atoms with van der Waals surface area (Å²) in [5.41, 5.74) is 9.81. The highest BCUT2D eigenvalue weighted by molar-refractivity contribution is 6.06. The maximum atomic E-state index is 16.0. The Morgan fingerprint density at radius 3 is 1.84 bits per heavy atom. The zero-order chi connectivity index (χ0) is 97.3. The number of phenols is 1. The van der Waals surface area contributed by atoms with E-state index >= 15 is 38.4 Å². The van der Waals surface area contributed by atoms with Crippen molar-refractivity contribution in [3.05, 3.63) is 120 Å². The van der Waals surface area contributed by atoms with Crippen LogP contribution in [0.3, 0.4) is 0 Å². The minimum atomic E-state index is -2.23. The molecule has 3 aromatic carbocycles. The lowest BCUT2D eigenvalue weighted by molar-refractivity contribution is -0.150. The molecular weight excluding hydrogens is 1740 g/mol. The number of aliphatic hydroxyl groups excluding tert-OH is 2. The normalized spacial score (nSPS) is 27.8. The van der Waals surface area contributed by atoms with Gasteiger partial charge in [0, 0.05) is 118 Å². The Bertz CT molecular complexity index is 5380. The van der Waals surface area contributed by atoms with Gasteiger partial charge in [0.2, 0.25) is 100 Å². The van der Waals surface area contributed by atoms with Crippen LogP contribution in [-0.2, 0) is 106 Å².